The Bertz CT molecular complexity index is 746. The number of likely N-dealkylation sites (tertiary alicyclic amines) is 1. The van der Waals surface area contributed by atoms with Gasteiger partial charge in [-0.05, 0) is 48.2 Å². The fourth-order valence-corrected chi connectivity index (χ4v) is 3.68. The normalized spacial score (nSPS) is 21.0. The molecule has 1 atom stereocenters. The van der Waals surface area contributed by atoms with Crippen LogP contribution in [0.2, 0.25) is 5.02 Å². The summed E-state index contributed by atoms with van der Waals surface area (Å²) in [5, 5.41) is 3.84. The Labute approximate surface area is 148 Å². The zero-order chi connectivity index (χ0) is 17.2. The summed E-state index contributed by atoms with van der Waals surface area (Å²) in [5.74, 6) is 0.0438. The highest BCUT2D eigenvalue weighted by molar-refractivity contribution is 6.30. The van der Waals surface area contributed by atoms with E-state index in [-0.39, 0.29) is 11.4 Å². The van der Waals surface area contributed by atoms with Gasteiger partial charge in [0.25, 0.3) is 0 Å². The van der Waals surface area contributed by atoms with Crippen LogP contribution in [0.15, 0.2) is 48.5 Å². The Morgan fingerprint density at radius 1 is 1.21 bits per heavy atom. The predicted molar refractivity (Wildman–Crippen MR) is 99.0 cm³/mol. The summed E-state index contributed by atoms with van der Waals surface area (Å²) in [6, 6.07) is 16.5. The third-order valence-electron chi connectivity index (χ3n) is 4.52. The van der Waals surface area contributed by atoms with E-state index in [1.165, 1.54) is 11.1 Å². The van der Waals surface area contributed by atoms with Gasteiger partial charge in [-0.15, -0.1) is 0 Å². The highest BCUT2D eigenvalue weighted by Crippen LogP contribution is 2.26. The van der Waals surface area contributed by atoms with E-state index in [1.54, 1.807) is 6.92 Å². The largest absolute Gasteiger partial charge is 0.350 e. The lowest BCUT2D eigenvalue weighted by Crippen LogP contribution is -2.46. The molecule has 3 nitrogen and oxygen atoms in total. The minimum Gasteiger partial charge on any atom is -0.350 e. The fourth-order valence-electron chi connectivity index (χ4n) is 3.49. The maximum atomic E-state index is 11.4. The predicted octanol–water partition coefficient (Wildman–Crippen LogP) is 4.11. The first-order valence-electron chi connectivity index (χ1n) is 8.30. The van der Waals surface area contributed by atoms with E-state index >= 15 is 0 Å². The van der Waals surface area contributed by atoms with Crippen LogP contribution in [-0.4, -0.2) is 29.4 Å². The van der Waals surface area contributed by atoms with Crippen LogP contribution in [0.5, 0.6) is 0 Å². The summed E-state index contributed by atoms with van der Waals surface area (Å²) < 4.78 is 0. The Morgan fingerprint density at radius 2 is 1.92 bits per heavy atom. The van der Waals surface area contributed by atoms with Crippen LogP contribution in [0.1, 0.15) is 25.8 Å². The van der Waals surface area contributed by atoms with E-state index in [9.17, 15) is 4.79 Å². The highest BCUT2D eigenvalue weighted by Gasteiger charge is 2.34. The second kappa shape index (κ2) is 6.96. The zero-order valence-corrected chi connectivity index (χ0v) is 14.9. The molecule has 1 aliphatic heterocycles. The number of nitrogens with zero attached hydrogens (tertiary/aromatic N) is 1. The molecule has 1 N–H and O–H groups in total. The number of hydrogen-bond acceptors (Lipinski definition) is 2. The maximum Gasteiger partial charge on any atom is 0.217 e. The molecule has 0 aliphatic carbocycles. The van der Waals surface area contributed by atoms with Crippen molar-refractivity contribution in [3.05, 3.63) is 59.1 Å². The van der Waals surface area contributed by atoms with Crippen molar-refractivity contribution >= 4 is 17.5 Å². The molecule has 1 saturated heterocycles. The summed E-state index contributed by atoms with van der Waals surface area (Å²) in [4.78, 5) is 13.8. The lowest BCUT2D eigenvalue weighted by molar-refractivity contribution is -0.120. The quantitative estimate of drug-likeness (QED) is 0.907. The van der Waals surface area contributed by atoms with Crippen molar-refractivity contribution in [2.45, 2.75) is 32.4 Å². The van der Waals surface area contributed by atoms with E-state index in [2.05, 4.69) is 47.5 Å². The molecule has 1 heterocycles. The van der Waals surface area contributed by atoms with Gasteiger partial charge in [-0.3, -0.25) is 9.69 Å². The number of carbonyl (C=O) groups excluding carboxylic acids is 1. The number of carbonyl (C=O) groups is 1. The van der Waals surface area contributed by atoms with Crippen LogP contribution < -0.4 is 5.32 Å². The van der Waals surface area contributed by atoms with Crippen molar-refractivity contribution in [2.75, 3.05) is 13.1 Å². The highest BCUT2D eigenvalue weighted by atomic mass is 35.5. The molecule has 1 aliphatic rings. The molecule has 4 heteroatoms. The van der Waals surface area contributed by atoms with Crippen molar-refractivity contribution in [2.24, 2.45) is 0 Å². The molecule has 1 amide bonds. The lowest BCUT2D eigenvalue weighted by atomic mass is 10.0. The first-order chi connectivity index (χ1) is 11.4. The van der Waals surface area contributed by atoms with Gasteiger partial charge in [0.05, 0.1) is 5.54 Å². The van der Waals surface area contributed by atoms with Crippen LogP contribution in [0.4, 0.5) is 0 Å². The monoisotopic (exact) mass is 342 g/mol. The first-order valence-corrected chi connectivity index (χ1v) is 8.67. The molecule has 1 fully saturated rings. The van der Waals surface area contributed by atoms with Gasteiger partial charge >= 0.3 is 0 Å². The van der Waals surface area contributed by atoms with Gasteiger partial charge in [0, 0.05) is 31.6 Å². The SMILES string of the molecule is CC(=O)NC1(C)CCN(Cc2cccc(-c3cccc(Cl)c3)c2)C1. The van der Waals surface area contributed by atoms with Crippen LogP contribution in [0, 0.1) is 0 Å². The summed E-state index contributed by atoms with van der Waals surface area (Å²) >= 11 is 6.10. The van der Waals surface area contributed by atoms with E-state index in [0.29, 0.717) is 0 Å². The van der Waals surface area contributed by atoms with Crippen molar-refractivity contribution in [1.29, 1.82) is 0 Å². The molecule has 2 aromatic carbocycles. The Hall–Kier alpha value is -1.84. The smallest absolute Gasteiger partial charge is 0.217 e. The second-order valence-electron chi connectivity index (χ2n) is 6.91. The number of rotatable bonds is 4. The molecule has 0 saturated carbocycles. The number of amides is 1. The fraction of sp³-hybridized carbons (Fsp3) is 0.350. The minimum absolute atomic E-state index is 0.0438. The Morgan fingerprint density at radius 3 is 2.62 bits per heavy atom. The standard InChI is InChI=1S/C20H23ClN2O/c1-15(24)22-20(2)9-10-23(14-20)13-16-5-3-6-17(11-16)18-7-4-8-19(21)12-18/h3-8,11-12H,9-10,13-14H2,1-2H3,(H,22,24). The van der Waals surface area contributed by atoms with Crippen LogP contribution in [-0.2, 0) is 11.3 Å². The molecule has 0 radical (unpaired) electrons. The van der Waals surface area contributed by atoms with Gasteiger partial charge in [0.15, 0.2) is 0 Å². The third-order valence-corrected chi connectivity index (χ3v) is 4.76. The van der Waals surface area contributed by atoms with Gasteiger partial charge < -0.3 is 5.32 Å². The van der Waals surface area contributed by atoms with E-state index < -0.39 is 0 Å². The molecule has 1 unspecified atom stereocenters. The van der Waals surface area contributed by atoms with Gasteiger partial charge in [-0.25, -0.2) is 0 Å². The molecule has 24 heavy (non-hydrogen) atoms. The van der Waals surface area contributed by atoms with Gasteiger partial charge in [-0.2, -0.15) is 0 Å². The maximum absolute atomic E-state index is 11.4. The zero-order valence-electron chi connectivity index (χ0n) is 14.2. The number of hydrogen-bond donors (Lipinski definition) is 1. The third kappa shape index (κ3) is 4.16. The van der Waals surface area contributed by atoms with Crippen molar-refractivity contribution < 1.29 is 4.79 Å². The Balaban J connectivity index is 1.71. The molecule has 3 rings (SSSR count). The van der Waals surface area contributed by atoms with Crippen LogP contribution in [0.25, 0.3) is 11.1 Å². The number of nitrogens with one attached hydrogen (secondary N) is 1. The lowest BCUT2D eigenvalue weighted by Gasteiger charge is -2.25. The summed E-state index contributed by atoms with van der Waals surface area (Å²) in [5.41, 5.74) is 3.48. The van der Waals surface area contributed by atoms with Gasteiger partial charge in [0.2, 0.25) is 5.91 Å². The van der Waals surface area contributed by atoms with Crippen molar-refractivity contribution in [3.63, 3.8) is 0 Å². The van der Waals surface area contributed by atoms with Gasteiger partial charge in [-0.1, -0.05) is 41.9 Å². The molecule has 0 bridgehead atoms. The average Bonchev–Trinajstić information content (AvgIpc) is 2.87. The summed E-state index contributed by atoms with van der Waals surface area (Å²) in [7, 11) is 0. The molecule has 0 spiro atoms. The molecule has 2 aromatic rings. The molecular formula is C20H23ClN2O. The summed E-state index contributed by atoms with van der Waals surface area (Å²) in [6.45, 7) is 6.48. The first kappa shape index (κ1) is 17.0. The van der Waals surface area contributed by atoms with Gasteiger partial charge in [0.1, 0.15) is 0 Å². The van der Waals surface area contributed by atoms with E-state index in [0.717, 1.165) is 36.6 Å². The number of halogens is 1. The van der Waals surface area contributed by atoms with E-state index in [1.807, 2.05) is 18.2 Å². The topological polar surface area (TPSA) is 32.3 Å². The molecule has 126 valence electrons. The number of benzene rings is 2. The van der Waals surface area contributed by atoms with Crippen LogP contribution >= 0.6 is 11.6 Å². The van der Waals surface area contributed by atoms with E-state index in [4.69, 9.17) is 11.6 Å². The van der Waals surface area contributed by atoms with Crippen molar-refractivity contribution in [1.82, 2.24) is 10.2 Å². The summed E-state index contributed by atoms with van der Waals surface area (Å²) in [6.07, 6.45) is 0.987. The molecule has 0 aromatic heterocycles. The van der Waals surface area contributed by atoms with Crippen molar-refractivity contribution in [3.8, 4) is 11.1 Å². The van der Waals surface area contributed by atoms with Crippen LogP contribution in [0.3, 0.4) is 0 Å². The minimum atomic E-state index is -0.115. The Kier molecular flexibility index (Phi) is 4.93. The average molecular weight is 343 g/mol. The molecular weight excluding hydrogens is 320 g/mol. The second-order valence-corrected chi connectivity index (χ2v) is 7.35.